The molecule has 2 aromatic rings. The number of halogens is 3. The molecule has 0 unspecified atom stereocenters. The Hall–Kier alpha value is -1.52. The highest BCUT2D eigenvalue weighted by Crippen LogP contribution is 2.30. The fraction of sp³-hybridized carbons (Fsp3) is 0.111. The van der Waals surface area contributed by atoms with Crippen molar-refractivity contribution in [2.75, 3.05) is 0 Å². The van der Waals surface area contributed by atoms with E-state index >= 15 is 0 Å². The van der Waals surface area contributed by atoms with Gasteiger partial charge in [0.15, 0.2) is 0 Å². The Morgan fingerprint density at radius 1 is 1.21 bits per heavy atom. The van der Waals surface area contributed by atoms with Gasteiger partial charge in [0.1, 0.15) is 0 Å². The molecule has 2 rings (SSSR count). The van der Waals surface area contributed by atoms with Crippen LogP contribution in [0.15, 0.2) is 24.3 Å². The first-order valence-electron chi connectivity index (χ1n) is 3.85. The summed E-state index contributed by atoms with van der Waals surface area (Å²) >= 11 is 0. The van der Waals surface area contributed by atoms with Crippen LogP contribution < -0.4 is 0 Å². The Bertz CT molecular complexity index is 470. The number of imidazole rings is 1. The van der Waals surface area contributed by atoms with E-state index in [-0.39, 0.29) is 0 Å². The summed E-state index contributed by atoms with van der Waals surface area (Å²) in [6.07, 6.45) is -4.46. The minimum absolute atomic E-state index is 0.301. The molecule has 5 heteroatoms. The third-order valence-electron chi connectivity index (χ3n) is 1.91. The van der Waals surface area contributed by atoms with Gasteiger partial charge < -0.3 is 4.57 Å². The summed E-state index contributed by atoms with van der Waals surface area (Å²) < 4.78 is 37.9. The number of rotatable bonds is 0. The maximum atomic E-state index is 12.4. The van der Waals surface area contributed by atoms with Crippen molar-refractivity contribution in [1.29, 1.82) is 0 Å². The van der Waals surface area contributed by atoms with E-state index in [0.717, 1.165) is 4.57 Å². The molecule has 73 valence electrons. The van der Waals surface area contributed by atoms with E-state index in [2.05, 4.69) is 12.0 Å². The van der Waals surface area contributed by atoms with E-state index in [1.54, 1.807) is 18.2 Å². The number of nitrogens with zero attached hydrogens (tertiary/aromatic N) is 2. The molecule has 0 fully saturated rings. The molecule has 0 aliphatic rings. The van der Waals surface area contributed by atoms with Crippen LogP contribution in [0.25, 0.3) is 11.0 Å². The van der Waals surface area contributed by atoms with Crippen molar-refractivity contribution < 1.29 is 13.2 Å². The molecule has 1 aromatic carbocycles. The highest BCUT2D eigenvalue weighted by atomic mass is 19.4. The minimum Gasteiger partial charge on any atom is -0.319 e. The molecule has 0 aliphatic heterocycles. The van der Waals surface area contributed by atoms with Crippen molar-refractivity contribution in [2.24, 2.45) is 0 Å². The van der Waals surface area contributed by atoms with E-state index in [4.69, 9.17) is 0 Å². The molecule has 0 spiro atoms. The van der Waals surface area contributed by atoms with Gasteiger partial charge in [-0.3, -0.25) is 0 Å². The van der Waals surface area contributed by atoms with E-state index in [0.29, 0.717) is 11.0 Å². The molecule has 2 nitrogen and oxygen atoms in total. The summed E-state index contributed by atoms with van der Waals surface area (Å²) in [4.78, 5) is 3.46. The van der Waals surface area contributed by atoms with Gasteiger partial charge in [-0.25, -0.2) is 4.98 Å². The molecule has 1 radical (unpaired) electrons. The normalized spacial score (nSPS) is 12.3. The molecular weight excluding hydrogens is 193 g/mol. The van der Waals surface area contributed by atoms with Crippen molar-refractivity contribution in [3.63, 3.8) is 0 Å². The zero-order valence-corrected chi connectivity index (χ0v) is 7.04. The number of alkyl halides is 3. The average molecular weight is 199 g/mol. The van der Waals surface area contributed by atoms with E-state index < -0.39 is 12.0 Å². The van der Waals surface area contributed by atoms with Crippen LogP contribution >= 0.6 is 0 Å². The van der Waals surface area contributed by atoms with Gasteiger partial charge in [0.2, 0.25) is 5.82 Å². The average Bonchev–Trinajstić information content (AvgIpc) is 2.44. The molecule has 0 saturated heterocycles. The van der Waals surface area contributed by atoms with Gasteiger partial charge in [0, 0.05) is 7.05 Å². The van der Waals surface area contributed by atoms with Gasteiger partial charge >= 0.3 is 6.18 Å². The molecule has 0 aliphatic carbocycles. The summed E-state index contributed by atoms with van der Waals surface area (Å²) in [6, 6.07) is 6.35. The van der Waals surface area contributed by atoms with E-state index in [1.807, 2.05) is 0 Å². The van der Waals surface area contributed by atoms with Gasteiger partial charge in [0.25, 0.3) is 0 Å². The van der Waals surface area contributed by atoms with Crippen molar-refractivity contribution in [3.05, 3.63) is 37.1 Å². The number of benzene rings is 1. The number of fused-ring (bicyclic) bond motifs is 1. The molecule has 0 N–H and O–H groups in total. The third kappa shape index (κ3) is 1.25. The SMILES string of the molecule is [CH2]n1c(C(F)(F)F)nc2ccccc21. The Kier molecular flexibility index (Phi) is 1.77. The molecule has 1 heterocycles. The molecule has 0 saturated carbocycles. The molecular formula is C9H6F3N2. The second kappa shape index (κ2) is 2.73. The third-order valence-corrected chi connectivity index (χ3v) is 1.91. The largest absolute Gasteiger partial charge is 0.449 e. The van der Waals surface area contributed by atoms with Crippen molar-refractivity contribution in [2.45, 2.75) is 6.18 Å². The predicted molar refractivity (Wildman–Crippen MR) is 45.5 cm³/mol. The zero-order chi connectivity index (χ0) is 10.3. The Labute approximate surface area is 78.0 Å². The smallest absolute Gasteiger partial charge is 0.319 e. The van der Waals surface area contributed by atoms with Crippen molar-refractivity contribution in [3.8, 4) is 0 Å². The standard InChI is InChI=1S/C9H6F3N2/c1-14-7-5-3-2-4-6(7)13-8(14)9(10,11)12/h2-5H,1H2. The van der Waals surface area contributed by atoms with E-state index in [9.17, 15) is 13.2 Å². The van der Waals surface area contributed by atoms with Crippen LogP contribution in [0.4, 0.5) is 13.2 Å². The van der Waals surface area contributed by atoms with Crippen molar-refractivity contribution in [1.82, 2.24) is 9.55 Å². The molecule has 0 atom stereocenters. The maximum absolute atomic E-state index is 12.4. The van der Waals surface area contributed by atoms with Crippen LogP contribution in [-0.2, 0) is 6.18 Å². The maximum Gasteiger partial charge on any atom is 0.449 e. The highest BCUT2D eigenvalue weighted by molar-refractivity contribution is 5.76. The van der Waals surface area contributed by atoms with Gasteiger partial charge in [-0.05, 0) is 12.1 Å². The number of para-hydroxylation sites is 2. The molecule has 14 heavy (non-hydrogen) atoms. The first kappa shape index (κ1) is 9.05. The number of aromatic nitrogens is 2. The minimum atomic E-state index is -4.46. The molecule has 0 amide bonds. The topological polar surface area (TPSA) is 17.8 Å². The fourth-order valence-electron chi connectivity index (χ4n) is 1.29. The monoisotopic (exact) mass is 199 g/mol. The lowest BCUT2D eigenvalue weighted by atomic mass is 10.3. The zero-order valence-electron chi connectivity index (χ0n) is 7.04. The second-order valence-electron chi connectivity index (χ2n) is 2.85. The number of hydrogen-bond donors (Lipinski definition) is 0. The lowest BCUT2D eigenvalue weighted by Crippen LogP contribution is -2.11. The van der Waals surface area contributed by atoms with Crippen LogP contribution in [0.1, 0.15) is 5.82 Å². The van der Waals surface area contributed by atoms with Gasteiger partial charge in [0.05, 0.1) is 11.0 Å². The quantitative estimate of drug-likeness (QED) is 0.637. The lowest BCUT2D eigenvalue weighted by Gasteiger charge is -2.04. The Morgan fingerprint density at radius 2 is 1.86 bits per heavy atom. The first-order valence-corrected chi connectivity index (χ1v) is 3.85. The van der Waals surface area contributed by atoms with Crippen LogP contribution in [0.2, 0.25) is 0 Å². The first-order chi connectivity index (χ1) is 6.50. The van der Waals surface area contributed by atoms with Crippen LogP contribution in [0, 0.1) is 7.05 Å². The van der Waals surface area contributed by atoms with Crippen molar-refractivity contribution >= 4 is 11.0 Å². The van der Waals surface area contributed by atoms with Crippen LogP contribution in [0.5, 0.6) is 0 Å². The van der Waals surface area contributed by atoms with Crippen LogP contribution in [0.3, 0.4) is 0 Å². The summed E-state index contributed by atoms with van der Waals surface area (Å²) in [7, 11) is 3.31. The Morgan fingerprint density at radius 3 is 2.43 bits per heavy atom. The van der Waals surface area contributed by atoms with Crippen LogP contribution in [-0.4, -0.2) is 9.55 Å². The summed E-state index contributed by atoms with van der Waals surface area (Å²) in [6.45, 7) is 0. The van der Waals surface area contributed by atoms with Gasteiger partial charge in [-0.15, -0.1) is 0 Å². The predicted octanol–water partition coefficient (Wildman–Crippen LogP) is 2.69. The number of hydrogen-bond acceptors (Lipinski definition) is 1. The summed E-state index contributed by atoms with van der Waals surface area (Å²) in [5, 5.41) is 0. The lowest BCUT2D eigenvalue weighted by molar-refractivity contribution is -0.145. The molecule has 0 bridgehead atoms. The van der Waals surface area contributed by atoms with E-state index in [1.165, 1.54) is 6.07 Å². The Balaban J connectivity index is 2.75. The van der Waals surface area contributed by atoms with Gasteiger partial charge in [-0.1, -0.05) is 12.1 Å². The summed E-state index contributed by atoms with van der Waals surface area (Å²) in [5.74, 6) is -0.973. The second-order valence-corrected chi connectivity index (χ2v) is 2.85. The molecule has 1 aromatic heterocycles. The fourth-order valence-corrected chi connectivity index (χ4v) is 1.29. The van der Waals surface area contributed by atoms with Gasteiger partial charge in [-0.2, -0.15) is 13.2 Å². The highest BCUT2D eigenvalue weighted by Gasteiger charge is 2.36. The summed E-state index contributed by atoms with van der Waals surface area (Å²) in [5.41, 5.74) is 0.676.